The Balaban J connectivity index is 1.73. The molecule has 0 saturated carbocycles. The molecule has 2 aromatic rings. The quantitative estimate of drug-likeness (QED) is 0.878. The van der Waals surface area contributed by atoms with E-state index in [1.54, 1.807) is 31.2 Å². The molecule has 112 valence electrons. The van der Waals surface area contributed by atoms with Gasteiger partial charge in [-0.2, -0.15) is 0 Å². The lowest BCUT2D eigenvalue weighted by atomic mass is 10.1. The number of hydrogen-bond acceptors (Lipinski definition) is 4. The Morgan fingerprint density at radius 1 is 1.14 bits per heavy atom. The molecule has 0 fully saturated rings. The second-order valence-corrected chi connectivity index (χ2v) is 6.03. The van der Waals surface area contributed by atoms with Crippen molar-refractivity contribution in [2.24, 2.45) is 0 Å². The van der Waals surface area contributed by atoms with Crippen molar-refractivity contribution in [1.82, 2.24) is 10.2 Å². The molecule has 6 heteroatoms. The lowest BCUT2D eigenvalue weighted by molar-refractivity contribution is -0.124. The maximum absolute atomic E-state index is 12.3. The maximum Gasteiger partial charge on any atom is 0.262 e. The van der Waals surface area contributed by atoms with Crippen LogP contribution in [0.1, 0.15) is 32.5 Å². The van der Waals surface area contributed by atoms with Crippen molar-refractivity contribution in [1.29, 1.82) is 0 Å². The van der Waals surface area contributed by atoms with E-state index < -0.39 is 17.9 Å². The van der Waals surface area contributed by atoms with Crippen LogP contribution in [-0.2, 0) is 11.3 Å². The minimum Gasteiger partial charge on any atom is -0.349 e. The fourth-order valence-corrected chi connectivity index (χ4v) is 3.06. The average molecular weight is 314 g/mol. The number of benzene rings is 1. The van der Waals surface area contributed by atoms with Crippen molar-refractivity contribution in [2.75, 3.05) is 0 Å². The van der Waals surface area contributed by atoms with Crippen LogP contribution in [0.3, 0.4) is 0 Å². The van der Waals surface area contributed by atoms with Gasteiger partial charge in [0.15, 0.2) is 0 Å². The van der Waals surface area contributed by atoms with Gasteiger partial charge in [0.1, 0.15) is 6.04 Å². The molecule has 5 nitrogen and oxygen atoms in total. The molecule has 0 bridgehead atoms. The number of nitrogens with one attached hydrogen (secondary N) is 1. The van der Waals surface area contributed by atoms with E-state index in [0.717, 1.165) is 9.78 Å². The minimum atomic E-state index is -0.840. The Morgan fingerprint density at radius 3 is 2.32 bits per heavy atom. The molecule has 1 atom stereocenters. The van der Waals surface area contributed by atoms with Crippen LogP contribution in [0.2, 0.25) is 0 Å². The molecule has 0 saturated heterocycles. The first-order chi connectivity index (χ1) is 10.6. The normalized spacial score (nSPS) is 14.9. The third kappa shape index (κ3) is 2.42. The van der Waals surface area contributed by atoms with Crippen LogP contribution in [0.4, 0.5) is 0 Å². The number of rotatable bonds is 4. The number of fused-ring (bicyclic) bond motifs is 1. The summed E-state index contributed by atoms with van der Waals surface area (Å²) in [5.74, 6) is -1.18. The molecule has 0 unspecified atom stereocenters. The number of hydrogen-bond donors (Lipinski definition) is 1. The molecular weight excluding hydrogens is 300 g/mol. The molecule has 3 amide bonds. The fourth-order valence-electron chi connectivity index (χ4n) is 2.41. The summed E-state index contributed by atoms with van der Waals surface area (Å²) in [5.41, 5.74) is 0.704. The van der Waals surface area contributed by atoms with Gasteiger partial charge in [0.05, 0.1) is 17.7 Å². The van der Waals surface area contributed by atoms with Crippen LogP contribution >= 0.6 is 11.3 Å². The predicted octanol–water partition coefficient (Wildman–Crippen LogP) is 2.05. The van der Waals surface area contributed by atoms with E-state index in [2.05, 4.69) is 5.32 Å². The van der Waals surface area contributed by atoms with Gasteiger partial charge < -0.3 is 5.32 Å². The summed E-state index contributed by atoms with van der Waals surface area (Å²) >= 11 is 1.54. The van der Waals surface area contributed by atoms with Gasteiger partial charge in [-0.15, -0.1) is 11.3 Å². The number of carbonyl (C=O) groups is 3. The van der Waals surface area contributed by atoms with E-state index in [-0.39, 0.29) is 5.91 Å². The molecule has 0 radical (unpaired) electrons. The van der Waals surface area contributed by atoms with E-state index in [4.69, 9.17) is 0 Å². The summed E-state index contributed by atoms with van der Waals surface area (Å²) in [6.07, 6.45) is 0. The van der Waals surface area contributed by atoms with Crippen LogP contribution in [0.15, 0.2) is 41.8 Å². The fraction of sp³-hybridized carbons (Fsp3) is 0.188. The SMILES string of the molecule is C[C@@H](C(=O)NCc1cccs1)N1C(=O)c2ccccc2C1=O. The molecule has 3 rings (SSSR count). The van der Waals surface area contributed by atoms with Crippen molar-refractivity contribution in [3.8, 4) is 0 Å². The number of carbonyl (C=O) groups excluding carboxylic acids is 3. The van der Waals surface area contributed by atoms with E-state index >= 15 is 0 Å². The molecule has 1 aliphatic heterocycles. The number of amides is 3. The van der Waals surface area contributed by atoms with Gasteiger partial charge in [-0.05, 0) is 30.5 Å². The van der Waals surface area contributed by atoms with Gasteiger partial charge in [-0.3, -0.25) is 19.3 Å². The van der Waals surface area contributed by atoms with Crippen molar-refractivity contribution < 1.29 is 14.4 Å². The van der Waals surface area contributed by atoms with E-state index in [1.165, 1.54) is 11.3 Å². The highest BCUT2D eigenvalue weighted by Gasteiger charge is 2.40. The lowest BCUT2D eigenvalue weighted by Gasteiger charge is -2.21. The molecular formula is C16H14N2O3S. The largest absolute Gasteiger partial charge is 0.349 e. The molecule has 2 heterocycles. The second-order valence-electron chi connectivity index (χ2n) is 5.00. The van der Waals surface area contributed by atoms with Crippen LogP contribution in [-0.4, -0.2) is 28.7 Å². The summed E-state index contributed by atoms with van der Waals surface area (Å²) in [5, 5.41) is 4.68. The first-order valence-electron chi connectivity index (χ1n) is 6.86. The minimum absolute atomic E-state index is 0.345. The Morgan fingerprint density at radius 2 is 1.77 bits per heavy atom. The molecule has 1 aromatic heterocycles. The van der Waals surface area contributed by atoms with Gasteiger partial charge in [0.2, 0.25) is 5.91 Å². The van der Waals surface area contributed by atoms with Crippen LogP contribution < -0.4 is 5.32 Å². The first kappa shape index (κ1) is 14.5. The molecule has 0 spiro atoms. The highest BCUT2D eigenvalue weighted by atomic mass is 32.1. The van der Waals surface area contributed by atoms with E-state index in [0.29, 0.717) is 17.7 Å². The maximum atomic E-state index is 12.3. The van der Waals surface area contributed by atoms with E-state index in [9.17, 15) is 14.4 Å². The number of imide groups is 1. The molecule has 1 aliphatic rings. The Hall–Kier alpha value is -2.47. The lowest BCUT2D eigenvalue weighted by Crippen LogP contribution is -2.47. The van der Waals surface area contributed by atoms with Crippen LogP contribution in [0, 0.1) is 0 Å². The standard InChI is InChI=1S/C16H14N2O3S/c1-10(14(19)17-9-11-5-4-8-22-11)18-15(20)12-6-2-3-7-13(12)16(18)21/h2-8,10H,9H2,1H3,(H,17,19)/t10-/m0/s1. The first-order valence-corrected chi connectivity index (χ1v) is 7.74. The van der Waals surface area contributed by atoms with E-state index in [1.807, 2.05) is 17.5 Å². The van der Waals surface area contributed by atoms with Gasteiger partial charge >= 0.3 is 0 Å². The van der Waals surface area contributed by atoms with Crippen molar-refractivity contribution in [3.63, 3.8) is 0 Å². The zero-order valence-electron chi connectivity index (χ0n) is 11.9. The zero-order chi connectivity index (χ0) is 15.7. The number of thiophene rings is 1. The Labute approximate surface area is 131 Å². The zero-order valence-corrected chi connectivity index (χ0v) is 12.7. The Kier molecular flexibility index (Phi) is 3.77. The number of nitrogens with zero attached hydrogens (tertiary/aromatic N) is 1. The summed E-state index contributed by atoms with van der Waals surface area (Å²) in [7, 11) is 0. The summed E-state index contributed by atoms with van der Waals surface area (Å²) in [4.78, 5) is 38.9. The van der Waals surface area contributed by atoms with Crippen molar-refractivity contribution in [3.05, 3.63) is 57.8 Å². The van der Waals surface area contributed by atoms with Crippen molar-refractivity contribution in [2.45, 2.75) is 19.5 Å². The monoisotopic (exact) mass is 314 g/mol. The summed E-state index contributed by atoms with van der Waals surface area (Å²) in [6.45, 7) is 1.95. The highest BCUT2D eigenvalue weighted by Crippen LogP contribution is 2.24. The van der Waals surface area contributed by atoms with Crippen LogP contribution in [0.5, 0.6) is 0 Å². The van der Waals surface area contributed by atoms with Gasteiger partial charge in [-0.25, -0.2) is 0 Å². The molecule has 0 aliphatic carbocycles. The average Bonchev–Trinajstić information content (AvgIpc) is 3.13. The summed E-state index contributed by atoms with van der Waals surface area (Å²) in [6, 6.07) is 9.59. The molecule has 1 aromatic carbocycles. The Bertz CT molecular complexity index is 705. The molecule has 22 heavy (non-hydrogen) atoms. The topological polar surface area (TPSA) is 66.5 Å². The van der Waals surface area contributed by atoms with Crippen molar-refractivity contribution >= 4 is 29.1 Å². The molecule has 1 N–H and O–H groups in total. The third-order valence-corrected chi connectivity index (χ3v) is 4.49. The summed E-state index contributed by atoms with van der Waals surface area (Å²) < 4.78 is 0. The van der Waals surface area contributed by atoms with Gasteiger partial charge in [0.25, 0.3) is 11.8 Å². The third-order valence-electron chi connectivity index (χ3n) is 3.61. The van der Waals surface area contributed by atoms with Gasteiger partial charge in [-0.1, -0.05) is 18.2 Å². The van der Waals surface area contributed by atoms with Gasteiger partial charge in [0, 0.05) is 4.88 Å². The van der Waals surface area contributed by atoms with Crippen LogP contribution in [0.25, 0.3) is 0 Å². The second kappa shape index (κ2) is 5.73. The smallest absolute Gasteiger partial charge is 0.262 e. The highest BCUT2D eigenvalue weighted by molar-refractivity contribution is 7.09. The predicted molar refractivity (Wildman–Crippen MR) is 82.6 cm³/mol.